The van der Waals surface area contributed by atoms with E-state index in [1.807, 2.05) is 67.6 Å². The molecule has 2 heterocycles. The number of nitrogens with one attached hydrogen (secondary N) is 1. The van der Waals surface area contributed by atoms with Crippen molar-refractivity contribution < 1.29 is 19.0 Å². The number of benzene rings is 3. The molecule has 0 bridgehead atoms. The van der Waals surface area contributed by atoms with Gasteiger partial charge in [-0.25, -0.2) is 4.98 Å². The van der Waals surface area contributed by atoms with Crippen molar-refractivity contribution in [3.8, 4) is 28.4 Å². The predicted octanol–water partition coefficient (Wildman–Crippen LogP) is 6.11. The monoisotopic (exact) mass is 487 g/mol. The maximum absolute atomic E-state index is 13.3. The number of nitrogen functional groups attached to an aromatic ring is 1. The largest absolute Gasteiger partial charge is 0.482 e. The van der Waals surface area contributed by atoms with Crippen LogP contribution in [-0.2, 0) is 0 Å². The van der Waals surface area contributed by atoms with Gasteiger partial charge in [-0.15, -0.1) is 0 Å². The number of anilines is 2. The van der Waals surface area contributed by atoms with E-state index in [0.29, 0.717) is 33.5 Å². The first kappa shape index (κ1) is 22.6. The summed E-state index contributed by atoms with van der Waals surface area (Å²) >= 11 is 6.01. The fourth-order valence-electron chi connectivity index (χ4n) is 3.85. The molecule has 1 aliphatic rings. The van der Waals surface area contributed by atoms with Gasteiger partial charge in [0.05, 0.1) is 5.02 Å². The zero-order valence-corrected chi connectivity index (χ0v) is 19.6. The number of nitrogens with zero attached hydrogens (tertiary/aromatic N) is 1. The van der Waals surface area contributed by atoms with E-state index >= 15 is 0 Å². The summed E-state index contributed by atoms with van der Waals surface area (Å²) in [6.07, 6.45) is 1.11. The molecule has 0 aliphatic carbocycles. The first-order valence-corrected chi connectivity index (χ1v) is 11.3. The molecule has 1 aromatic heterocycles. The van der Waals surface area contributed by atoms with E-state index in [1.165, 1.54) is 6.20 Å². The Balaban J connectivity index is 1.36. The minimum atomic E-state index is -0.352. The molecule has 1 amide bonds. The number of ether oxygens (including phenoxy) is 3. The van der Waals surface area contributed by atoms with Crippen LogP contribution in [-0.4, -0.2) is 17.7 Å². The highest BCUT2D eigenvalue weighted by Gasteiger charge is 2.18. The molecular formula is C27H22ClN3O4. The number of halogens is 1. The summed E-state index contributed by atoms with van der Waals surface area (Å²) in [6, 6.07) is 22.1. The molecule has 4 aromatic rings. The van der Waals surface area contributed by atoms with E-state index in [0.717, 1.165) is 16.7 Å². The lowest BCUT2D eigenvalue weighted by atomic mass is 9.98. The molecule has 176 valence electrons. The van der Waals surface area contributed by atoms with Gasteiger partial charge in [-0.1, -0.05) is 48.0 Å². The molecule has 0 saturated carbocycles. The maximum atomic E-state index is 13.3. The molecular weight excluding hydrogens is 466 g/mol. The molecule has 5 rings (SSSR count). The third-order valence-corrected chi connectivity index (χ3v) is 5.83. The average Bonchev–Trinajstić information content (AvgIpc) is 3.34. The molecule has 3 N–H and O–H groups in total. The molecule has 1 atom stereocenters. The van der Waals surface area contributed by atoms with Crippen LogP contribution in [0.15, 0.2) is 79.0 Å². The number of fused-ring (bicyclic) bond motifs is 1. The smallest absolute Gasteiger partial charge is 0.256 e. The van der Waals surface area contributed by atoms with E-state index in [-0.39, 0.29) is 24.6 Å². The Morgan fingerprint density at radius 2 is 1.89 bits per heavy atom. The first-order valence-electron chi connectivity index (χ1n) is 11.0. The summed E-state index contributed by atoms with van der Waals surface area (Å²) in [5, 5.41) is 3.43. The molecule has 0 fully saturated rings. The molecule has 0 spiro atoms. The van der Waals surface area contributed by atoms with E-state index in [2.05, 4.69) is 10.3 Å². The highest BCUT2D eigenvalue weighted by molar-refractivity contribution is 6.30. The number of hydrogen-bond acceptors (Lipinski definition) is 6. The summed E-state index contributed by atoms with van der Waals surface area (Å²) in [5.41, 5.74) is 9.59. The second kappa shape index (κ2) is 9.56. The van der Waals surface area contributed by atoms with Crippen molar-refractivity contribution in [2.45, 2.75) is 13.0 Å². The van der Waals surface area contributed by atoms with Gasteiger partial charge in [0.1, 0.15) is 6.10 Å². The number of carbonyl (C=O) groups is 1. The molecule has 0 radical (unpaired) electrons. The van der Waals surface area contributed by atoms with Crippen LogP contribution in [0.25, 0.3) is 11.1 Å². The van der Waals surface area contributed by atoms with E-state index in [9.17, 15) is 4.79 Å². The summed E-state index contributed by atoms with van der Waals surface area (Å²) in [4.78, 5) is 17.3. The van der Waals surface area contributed by atoms with Crippen molar-refractivity contribution >= 4 is 29.0 Å². The number of pyridine rings is 1. The van der Waals surface area contributed by atoms with E-state index in [1.54, 1.807) is 12.1 Å². The zero-order valence-electron chi connectivity index (χ0n) is 18.8. The molecule has 7 nitrogen and oxygen atoms in total. The maximum Gasteiger partial charge on any atom is 0.256 e. The number of rotatable bonds is 6. The molecule has 35 heavy (non-hydrogen) atoms. The van der Waals surface area contributed by atoms with Crippen LogP contribution >= 0.6 is 11.6 Å². The van der Waals surface area contributed by atoms with Crippen LogP contribution in [0.3, 0.4) is 0 Å². The van der Waals surface area contributed by atoms with Crippen LogP contribution < -0.4 is 25.3 Å². The molecule has 1 unspecified atom stereocenters. The van der Waals surface area contributed by atoms with Gasteiger partial charge in [-0.3, -0.25) is 4.79 Å². The highest BCUT2D eigenvalue weighted by Crippen LogP contribution is 2.37. The Bertz CT molecular complexity index is 1410. The van der Waals surface area contributed by atoms with Gasteiger partial charge in [-0.2, -0.15) is 0 Å². The fraction of sp³-hybridized carbons (Fsp3) is 0.111. The minimum Gasteiger partial charge on any atom is -0.482 e. The van der Waals surface area contributed by atoms with Gasteiger partial charge < -0.3 is 25.3 Å². The quantitative estimate of drug-likeness (QED) is 0.341. The predicted molar refractivity (Wildman–Crippen MR) is 135 cm³/mol. The number of nitrogens with two attached hydrogens (primary N) is 1. The lowest BCUT2D eigenvalue weighted by Crippen LogP contribution is -2.14. The summed E-state index contributed by atoms with van der Waals surface area (Å²) in [7, 11) is 0. The van der Waals surface area contributed by atoms with Crippen LogP contribution in [0.2, 0.25) is 5.02 Å². The van der Waals surface area contributed by atoms with Crippen LogP contribution in [0.4, 0.5) is 11.5 Å². The minimum absolute atomic E-state index is 0.194. The average molecular weight is 488 g/mol. The van der Waals surface area contributed by atoms with E-state index in [4.69, 9.17) is 31.5 Å². The van der Waals surface area contributed by atoms with E-state index < -0.39 is 0 Å². The van der Waals surface area contributed by atoms with Crippen molar-refractivity contribution in [1.29, 1.82) is 0 Å². The Labute approximate surface area is 207 Å². The van der Waals surface area contributed by atoms with Gasteiger partial charge in [-0.05, 0) is 53.9 Å². The summed E-state index contributed by atoms with van der Waals surface area (Å²) in [5.74, 6) is 1.78. The van der Waals surface area contributed by atoms with Crippen molar-refractivity contribution in [1.82, 2.24) is 4.98 Å². The second-order valence-electron chi connectivity index (χ2n) is 7.99. The van der Waals surface area contributed by atoms with Crippen molar-refractivity contribution in [3.63, 3.8) is 0 Å². The molecule has 0 saturated heterocycles. The lowest BCUT2D eigenvalue weighted by Gasteiger charge is -2.17. The Morgan fingerprint density at radius 3 is 2.77 bits per heavy atom. The topological polar surface area (TPSA) is 95.7 Å². The summed E-state index contributed by atoms with van der Waals surface area (Å²) in [6.45, 7) is 2.08. The standard InChI is InChI=1S/C27H22ClN3O4/c1-16(35-25-13-19(28)14-30-26(25)29)17-5-4-6-20(11-17)31-27(32)22-8-3-2-7-21(22)18-9-10-23-24(12-18)34-15-33-23/h2-14,16H,15H2,1H3,(H2,29,30)(H,31,32). The third kappa shape index (κ3) is 4.85. The normalized spacial score (nSPS) is 12.7. The first-order chi connectivity index (χ1) is 17.0. The Morgan fingerprint density at radius 1 is 1.06 bits per heavy atom. The fourth-order valence-corrected chi connectivity index (χ4v) is 4.00. The van der Waals surface area contributed by atoms with Crippen molar-refractivity contribution in [2.75, 3.05) is 17.8 Å². The molecule has 3 aromatic carbocycles. The van der Waals surface area contributed by atoms with Gasteiger partial charge in [0.2, 0.25) is 6.79 Å². The number of amides is 1. The zero-order chi connectivity index (χ0) is 24.4. The van der Waals surface area contributed by atoms with Crippen LogP contribution in [0.1, 0.15) is 28.9 Å². The lowest BCUT2D eigenvalue weighted by molar-refractivity contribution is 0.102. The van der Waals surface area contributed by atoms with Gasteiger partial charge in [0.15, 0.2) is 23.1 Å². The number of carbonyl (C=O) groups excluding carboxylic acids is 1. The molecule has 1 aliphatic heterocycles. The van der Waals surface area contributed by atoms with Crippen LogP contribution in [0.5, 0.6) is 17.2 Å². The third-order valence-electron chi connectivity index (χ3n) is 5.62. The van der Waals surface area contributed by atoms with Crippen molar-refractivity contribution in [3.05, 3.63) is 95.1 Å². The molecule has 8 heteroatoms. The van der Waals surface area contributed by atoms with Crippen LogP contribution in [0, 0.1) is 0 Å². The SMILES string of the molecule is CC(Oc1cc(Cl)cnc1N)c1cccc(NC(=O)c2ccccc2-c2ccc3c(c2)OCO3)c1. The van der Waals surface area contributed by atoms with Gasteiger partial charge in [0.25, 0.3) is 5.91 Å². The Hall–Kier alpha value is -4.23. The van der Waals surface area contributed by atoms with Gasteiger partial charge >= 0.3 is 0 Å². The number of hydrogen-bond donors (Lipinski definition) is 2. The number of aromatic nitrogens is 1. The Kier molecular flexibility index (Phi) is 6.16. The second-order valence-corrected chi connectivity index (χ2v) is 8.43. The highest BCUT2D eigenvalue weighted by atomic mass is 35.5. The van der Waals surface area contributed by atoms with Gasteiger partial charge in [0, 0.05) is 23.5 Å². The summed E-state index contributed by atoms with van der Waals surface area (Å²) < 4.78 is 16.9. The van der Waals surface area contributed by atoms with Crippen molar-refractivity contribution in [2.24, 2.45) is 0 Å².